The molecule has 2 aliphatic carbocycles. The molecule has 0 radical (unpaired) electrons. The lowest BCUT2D eigenvalue weighted by molar-refractivity contribution is -0.140. The van der Waals surface area contributed by atoms with Crippen LogP contribution in [0.1, 0.15) is 68.9 Å². The van der Waals surface area contributed by atoms with Crippen LogP contribution in [0.15, 0.2) is 54.6 Å². The van der Waals surface area contributed by atoms with E-state index in [4.69, 9.17) is 14.2 Å². The summed E-state index contributed by atoms with van der Waals surface area (Å²) in [6.07, 6.45) is 7.44. The monoisotopic (exact) mass is 733 g/mol. The lowest BCUT2D eigenvalue weighted by Crippen LogP contribution is -2.57. The molecule has 0 unspecified atom stereocenters. The van der Waals surface area contributed by atoms with Gasteiger partial charge in [-0.05, 0) is 73.9 Å². The van der Waals surface area contributed by atoms with Crippen LogP contribution in [0.3, 0.4) is 0 Å². The Morgan fingerprint density at radius 1 is 0.962 bits per heavy atom. The third-order valence-electron chi connectivity index (χ3n) is 10.9. The molecule has 2 aromatic carbocycles. The van der Waals surface area contributed by atoms with Gasteiger partial charge in [0.15, 0.2) is 11.5 Å². The smallest absolute Gasteiger partial charge is 0.410 e. The number of allylic oxidation sites excluding steroid dienone is 1. The van der Waals surface area contributed by atoms with E-state index in [9.17, 15) is 27.6 Å². The molecular weight excluding hydrogens is 690 g/mol. The summed E-state index contributed by atoms with van der Waals surface area (Å²) in [6.45, 7) is 0.748. The molecule has 3 N–H and O–H groups in total. The highest BCUT2D eigenvalue weighted by atomic mass is 32.2. The summed E-state index contributed by atoms with van der Waals surface area (Å²) < 4.78 is 44.8. The Balaban J connectivity index is 1.04. The fourth-order valence-corrected chi connectivity index (χ4v) is 9.08. The molecule has 15 heteroatoms. The minimum atomic E-state index is -3.87. The molecule has 2 saturated carbocycles. The van der Waals surface area contributed by atoms with Crippen molar-refractivity contribution in [3.8, 4) is 11.5 Å². The molecule has 52 heavy (non-hydrogen) atoms. The number of hydrogen-bond acceptors (Lipinski definition) is 10. The second kappa shape index (κ2) is 13.6. The maximum absolute atomic E-state index is 14.5. The first-order chi connectivity index (χ1) is 25.1. The van der Waals surface area contributed by atoms with Gasteiger partial charge in [0.25, 0.3) is 5.91 Å². The van der Waals surface area contributed by atoms with Crippen LogP contribution in [0, 0.1) is 5.92 Å². The van der Waals surface area contributed by atoms with Crippen LogP contribution in [0.2, 0.25) is 0 Å². The quantitative estimate of drug-likeness (QED) is 0.374. The van der Waals surface area contributed by atoms with Crippen LogP contribution in [-0.4, -0.2) is 84.3 Å². The summed E-state index contributed by atoms with van der Waals surface area (Å²) >= 11 is 0. The van der Waals surface area contributed by atoms with Gasteiger partial charge in [0.2, 0.25) is 28.6 Å². The SMILES string of the molecule is O=C1N[C@]2(C(=O)NS(=O)(=O)C3CC3)C[C@H]2/C=C\CCCCC[C@H](Nc2ccccc2)C(=O)N2C[C@H](OC(=O)N3Cc4cc5c(cc4C3)OCO5)C[C@@H]12. The highest BCUT2D eigenvalue weighted by Crippen LogP contribution is 2.46. The van der Waals surface area contributed by atoms with Gasteiger partial charge in [0, 0.05) is 31.1 Å². The van der Waals surface area contributed by atoms with Crippen molar-refractivity contribution in [3.63, 3.8) is 0 Å². The van der Waals surface area contributed by atoms with E-state index in [0.29, 0.717) is 43.9 Å². The third kappa shape index (κ3) is 6.89. The Hall–Kier alpha value is -4.79. The summed E-state index contributed by atoms with van der Waals surface area (Å²) in [7, 11) is -3.87. The van der Waals surface area contributed by atoms with Crippen LogP contribution < -0.4 is 24.8 Å². The second-order valence-corrected chi connectivity index (χ2v) is 16.6. The number of rotatable bonds is 6. The molecule has 0 bridgehead atoms. The van der Waals surface area contributed by atoms with Crippen molar-refractivity contribution in [2.24, 2.45) is 5.92 Å². The van der Waals surface area contributed by atoms with Crippen molar-refractivity contribution in [2.45, 2.75) is 99.9 Å². The topological polar surface area (TPSA) is 173 Å². The molecule has 6 aliphatic rings. The molecule has 5 atom stereocenters. The number of nitrogens with zero attached hydrogens (tertiary/aromatic N) is 2. The van der Waals surface area contributed by atoms with Gasteiger partial charge in [-0.25, -0.2) is 13.2 Å². The molecule has 0 spiro atoms. The zero-order chi connectivity index (χ0) is 36.0. The first kappa shape index (κ1) is 34.3. The number of carbonyl (C=O) groups excluding carboxylic acids is 4. The van der Waals surface area contributed by atoms with Gasteiger partial charge >= 0.3 is 6.09 Å². The van der Waals surface area contributed by atoms with Crippen molar-refractivity contribution >= 4 is 39.5 Å². The molecule has 8 rings (SSSR count). The van der Waals surface area contributed by atoms with E-state index in [2.05, 4.69) is 15.4 Å². The van der Waals surface area contributed by atoms with Crippen molar-refractivity contribution in [3.05, 3.63) is 65.7 Å². The molecular formula is C37H43N5O9S. The van der Waals surface area contributed by atoms with Crippen LogP contribution in [0.25, 0.3) is 0 Å². The number of ether oxygens (including phenoxy) is 3. The average Bonchev–Trinajstić information content (AvgIpc) is 3.94. The van der Waals surface area contributed by atoms with Gasteiger partial charge in [-0.2, -0.15) is 0 Å². The van der Waals surface area contributed by atoms with E-state index in [1.807, 2.05) is 54.6 Å². The zero-order valence-corrected chi connectivity index (χ0v) is 29.6. The van der Waals surface area contributed by atoms with Crippen LogP contribution in [-0.2, 0) is 42.2 Å². The highest BCUT2D eigenvalue weighted by Gasteiger charge is 2.62. The molecule has 14 nitrogen and oxygen atoms in total. The number of hydrogen-bond donors (Lipinski definition) is 3. The largest absolute Gasteiger partial charge is 0.454 e. The number of nitrogens with one attached hydrogen (secondary N) is 3. The van der Waals surface area contributed by atoms with Gasteiger partial charge in [0.05, 0.1) is 11.8 Å². The maximum Gasteiger partial charge on any atom is 0.410 e. The third-order valence-corrected chi connectivity index (χ3v) is 12.7. The molecule has 2 aromatic rings. The lowest BCUT2D eigenvalue weighted by Gasteiger charge is -2.30. The number of anilines is 1. The Labute approximate surface area is 302 Å². The predicted octanol–water partition coefficient (Wildman–Crippen LogP) is 3.32. The average molecular weight is 734 g/mol. The Kier molecular flexibility index (Phi) is 9.00. The van der Waals surface area contributed by atoms with E-state index >= 15 is 0 Å². The number of fused-ring (bicyclic) bond motifs is 4. The van der Waals surface area contributed by atoms with E-state index < -0.39 is 62.8 Å². The molecule has 1 saturated heterocycles. The predicted molar refractivity (Wildman–Crippen MR) is 187 cm³/mol. The van der Waals surface area contributed by atoms with Crippen molar-refractivity contribution in [1.29, 1.82) is 0 Å². The highest BCUT2D eigenvalue weighted by molar-refractivity contribution is 7.91. The van der Waals surface area contributed by atoms with Gasteiger partial charge < -0.3 is 29.7 Å². The van der Waals surface area contributed by atoms with Gasteiger partial charge in [-0.1, -0.05) is 43.2 Å². The summed E-state index contributed by atoms with van der Waals surface area (Å²) in [6, 6.07) is 11.4. The first-order valence-electron chi connectivity index (χ1n) is 18.1. The lowest BCUT2D eigenvalue weighted by atomic mass is 10.0. The van der Waals surface area contributed by atoms with E-state index in [1.54, 1.807) is 4.90 Å². The number of amides is 4. The van der Waals surface area contributed by atoms with Crippen LogP contribution in [0.5, 0.6) is 11.5 Å². The van der Waals surface area contributed by atoms with Crippen LogP contribution in [0.4, 0.5) is 10.5 Å². The fraction of sp³-hybridized carbons (Fsp3) is 0.514. The fourth-order valence-electron chi connectivity index (χ4n) is 7.72. The summed E-state index contributed by atoms with van der Waals surface area (Å²) in [5, 5.41) is 5.63. The minimum Gasteiger partial charge on any atom is -0.454 e. The number of carbonyl (C=O) groups is 4. The number of sulfonamides is 1. The second-order valence-electron chi connectivity index (χ2n) is 14.7. The Bertz CT molecular complexity index is 1870. The first-order valence-corrected chi connectivity index (χ1v) is 19.7. The Morgan fingerprint density at radius 3 is 2.40 bits per heavy atom. The van der Waals surface area contributed by atoms with Gasteiger partial charge in [-0.15, -0.1) is 0 Å². The maximum atomic E-state index is 14.5. The van der Waals surface area contributed by atoms with Crippen LogP contribution >= 0.6 is 0 Å². The van der Waals surface area contributed by atoms with Crippen molar-refractivity contribution in [2.75, 3.05) is 18.7 Å². The summed E-state index contributed by atoms with van der Waals surface area (Å²) in [4.78, 5) is 58.9. The molecule has 3 fully saturated rings. The zero-order valence-electron chi connectivity index (χ0n) is 28.8. The Morgan fingerprint density at radius 2 is 1.69 bits per heavy atom. The van der Waals surface area contributed by atoms with Crippen molar-refractivity contribution < 1.29 is 41.8 Å². The van der Waals surface area contributed by atoms with E-state index in [-0.39, 0.29) is 32.1 Å². The summed E-state index contributed by atoms with van der Waals surface area (Å²) in [5.74, 6) is -0.843. The van der Waals surface area contributed by atoms with Crippen molar-refractivity contribution in [1.82, 2.24) is 19.8 Å². The molecule has 276 valence electrons. The molecule has 0 aromatic heterocycles. The molecule has 4 amide bonds. The van der Waals surface area contributed by atoms with E-state index in [0.717, 1.165) is 42.5 Å². The minimum absolute atomic E-state index is 0.0106. The normalized spacial score (nSPS) is 29.1. The number of benzene rings is 2. The molecule has 4 heterocycles. The van der Waals surface area contributed by atoms with E-state index in [1.165, 1.54) is 4.90 Å². The number of para-hydroxylation sites is 1. The van der Waals surface area contributed by atoms with Gasteiger partial charge in [-0.3, -0.25) is 24.0 Å². The van der Waals surface area contributed by atoms with Gasteiger partial charge in [0.1, 0.15) is 23.7 Å². The molecule has 4 aliphatic heterocycles. The standard InChI is InChI=1S/C37H43N5O9S/c43-33-30-17-27(51-36(46)41-19-23-15-31-32(50-22-49-31)16-24(23)20-41)21-42(30)34(44)29(38-26-10-6-4-7-11-26)12-8-3-1-2-5-9-25-18-37(25,39-33)35(45)40-52(47,48)28-13-14-28/h4-7,9-11,15-16,25,27-30,38H,1-3,8,12-14,17-22H2,(H,39,43)(H,40,45)/b9-5-/t25-,27-,29+,30+,37-/m1/s1. The summed E-state index contributed by atoms with van der Waals surface area (Å²) in [5.41, 5.74) is 1.12.